The second-order valence-corrected chi connectivity index (χ2v) is 10.5. The number of anilines is 1. The van der Waals surface area contributed by atoms with Crippen molar-refractivity contribution in [2.24, 2.45) is 5.41 Å². The molecule has 1 amide bonds. The molecule has 0 radical (unpaired) electrons. The van der Waals surface area contributed by atoms with Gasteiger partial charge in [-0.05, 0) is 47.6 Å². The zero-order valence-corrected chi connectivity index (χ0v) is 22.1. The van der Waals surface area contributed by atoms with Crippen molar-refractivity contribution in [2.75, 3.05) is 25.2 Å². The van der Waals surface area contributed by atoms with E-state index in [1.807, 2.05) is 48.5 Å². The molecule has 3 aromatic carbocycles. The largest absolute Gasteiger partial charge is 0.496 e. The van der Waals surface area contributed by atoms with Crippen molar-refractivity contribution < 1.29 is 23.8 Å². The lowest BCUT2D eigenvalue weighted by molar-refractivity contribution is -0.151. The highest BCUT2D eigenvalue weighted by Crippen LogP contribution is 2.44. The molecule has 1 heterocycles. The van der Waals surface area contributed by atoms with Crippen LogP contribution in [0, 0.1) is 5.41 Å². The highest BCUT2D eigenvalue weighted by molar-refractivity contribution is 6.30. The zero-order valence-electron chi connectivity index (χ0n) is 21.3. The standard InChI is InChI=1S/C29H32ClNO5/c1-6-35-26(32)16-25-28(33)31(17-29(2,3)4)23-13-11-18(30)15-22(23)27(36-25)21-12-14-24(34-5)20-10-8-7-9-19(20)21/h7-15,25,27H,6,16-17H2,1-5H3/t25-,27-/m1/s1. The summed E-state index contributed by atoms with van der Waals surface area (Å²) in [5, 5.41) is 2.39. The van der Waals surface area contributed by atoms with Gasteiger partial charge in [-0.1, -0.05) is 62.7 Å². The van der Waals surface area contributed by atoms with Crippen LogP contribution in [-0.2, 0) is 19.1 Å². The van der Waals surface area contributed by atoms with Gasteiger partial charge in [0.15, 0.2) is 0 Å². The summed E-state index contributed by atoms with van der Waals surface area (Å²) in [6.45, 7) is 8.61. The van der Waals surface area contributed by atoms with Gasteiger partial charge < -0.3 is 19.1 Å². The number of methoxy groups -OCH3 is 1. The Labute approximate surface area is 217 Å². The van der Waals surface area contributed by atoms with Crippen LogP contribution in [0.5, 0.6) is 5.75 Å². The topological polar surface area (TPSA) is 65.1 Å². The predicted molar refractivity (Wildman–Crippen MR) is 142 cm³/mol. The molecule has 0 N–H and O–H groups in total. The maximum absolute atomic E-state index is 13.9. The molecule has 36 heavy (non-hydrogen) atoms. The third-order valence-corrected chi connectivity index (χ3v) is 6.35. The fraction of sp³-hybridized carbons (Fsp3) is 0.379. The first-order chi connectivity index (χ1) is 17.1. The van der Waals surface area contributed by atoms with Gasteiger partial charge >= 0.3 is 5.97 Å². The molecule has 190 valence electrons. The van der Waals surface area contributed by atoms with Crippen molar-refractivity contribution in [1.82, 2.24) is 0 Å². The molecule has 0 saturated heterocycles. The monoisotopic (exact) mass is 509 g/mol. The summed E-state index contributed by atoms with van der Waals surface area (Å²) in [6.07, 6.45) is -1.86. The second-order valence-electron chi connectivity index (χ2n) is 10.1. The van der Waals surface area contributed by atoms with Crippen LogP contribution < -0.4 is 9.64 Å². The molecule has 0 saturated carbocycles. The molecule has 6 nitrogen and oxygen atoms in total. The normalized spacial score (nSPS) is 18.1. The summed E-state index contributed by atoms with van der Waals surface area (Å²) < 4.78 is 17.3. The Morgan fingerprint density at radius 1 is 1.06 bits per heavy atom. The first-order valence-corrected chi connectivity index (χ1v) is 12.5. The van der Waals surface area contributed by atoms with Gasteiger partial charge in [-0.15, -0.1) is 0 Å². The van der Waals surface area contributed by atoms with E-state index in [1.165, 1.54) is 0 Å². The minimum absolute atomic E-state index is 0.181. The maximum Gasteiger partial charge on any atom is 0.308 e. The molecule has 0 aliphatic carbocycles. The van der Waals surface area contributed by atoms with Crippen molar-refractivity contribution in [1.29, 1.82) is 0 Å². The Balaban J connectivity index is 1.94. The number of rotatable bonds is 6. The molecule has 4 rings (SSSR count). The van der Waals surface area contributed by atoms with Crippen molar-refractivity contribution in [3.05, 3.63) is 70.7 Å². The SMILES string of the molecule is CCOC(=O)C[C@H]1O[C@H](c2ccc(OC)c3ccccc23)c2cc(Cl)ccc2N(CC(C)(C)C)C1=O. The fourth-order valence-electron chi connectivity index (χ4n) is 4.66. The van der Waals surface area contributed by atoms with E-state index >= 15 is 0 Å². The summed E-state index contributed by atoms with van der Waals surface area (Å²) in [6, 6.07) is 17.2. The number of hydrogen-bond acceptors (Lipinski definition) is 5. The van der Waals surface area contributed by atoms with Crippen molar-refractivity contribution in [3.8, 4) is 5.75 Å². The average Bonchev–Trinajstić information content (AvgIpc) is 2.93. The number of carbonyl (C=O) groups is 2. The zero-order chi connectivity index (χ0) is 26.0. The first-order valence-electron chi connectivity index (χ1n) is 12.1. The summed E-state index contributed by atoms with van der Waals surface area (Å²) >= 11 is 6.47. The molecule has 0 fully saturated rings. The van der Waals surface area contributed by atoms with Gasteiger partial charge in [0.1, 0.15) is 18.0 Å². The molecule has 1 aliphatic rings. The van der Waals surface area contributed by atoms with Gasteiger partial charge in [0.05, 0.1) is 20.1 Å². The molecule has 0 bridgehead atoms. The van der Waals surface area contributed by atoms with Gasteiger partial charge in [0.25, 0.3) is 5.91 Å². The number of amides is 1. The number of nitrogens with zero attached hydrogens (tertiary/aromatic N) is 1. The third kappa shape index (κ3) is 5.35. The van der Waals surface area contributed by atoms with Crippen LogP contribution in [0.25, 0.3) is 10.8 Å². The Bertz CT molecular complexity index is 1280. The summed E-state index contributed by atoms with van der Waals surface area (Å²) in [7, 11) is 1.64. The maximum atomic E-state index is 13.9. The van der Waals surface area contributed by atoms with Crippen LogP contribution in [0.4, 0.5) is 5.69 Å². The van der Waals surface area contributed by atoms with Gasteiger partial charge in [0.2, 0.25) is 0 Å². The second kappa shape index (κ2) is 10.5. The van der Waals surface area contributed by atoms with Crippen LogP contribution in [0.15, 0.2) is 54.6 Å². The highest BCUT2D eigenvalue weighted by Gasteiger charge is 2.39. The quantitative estimate of drug-likeness (QED) is 0.364. The number of carbonyl (C=O) groups excluding carboxylic acids is 2. The van der Waals surface area contributed by atoms with E-state index in [9.17, 15) is 9.59 Å². The molecule has 7 heteroatoms. The number of esters is 1. The summed E-state index contributed by atoms with van der Waals surface area (Å²) in [5.41, 5.74) is 2.14. The summed E-state index contributed by atoms with van der Waals surface area (Å²) in [4.78, 5) is 28.1. The van der Waals surface area contributed by atoms with Crippen LogP contribution in [0.2, 0.25) is 5.02 Å². The Morgan fingerprint density at radius 2 is 1.78 bits per heavy atom. The van der Waals surface area contributed by atoms with E-state index < -0.39 is 18.2 Å². The van der Waals surface area contributed by atoms with E-state index in [0.29, 0.717) is 11.6 Å². The number of benzene rings is 3. The van der Waals surface area contributed by atoms with E-state index in [4.69, 9.17) is 25.8 Å². The fourth-order valence-corrected chi connectivity index (χ4v) is 4.84. The molecule has 2 atom stereocenters. The van der Waals surface area contributed by atoms with Gasteiger partial charge in [-0.3, -0.25) is 9.59 Å². The highest BCUT2D eigenvalue weighted by atomic mass is 35.5. The Morgan fingerprint density at radius 3 is 2.44 bits per heavy atom. The van der Waals surface area contributed by atoms with E-state index in [-0.39, 0.29) is 24.3 Å². The molecule has 3 aromatic rings. The molecule has 0 unspecified atom stereocenters. The minimum Gasteiger partial charge on any atom is -0.496 e. The van der Waals surface area contributed by atoms with Gasteiger partial charge in [-0.25, -0.2) is 0 Å². The van der Waals surface area contributed by atoms with Gasteiger partial charge in [-0.2, -0.15) is 0 Å². The van der Waals surface area contributed by atoms with Crippen LogP contribution in [0.1, 0.15) is 51.3 Å². The summed E-state index contributed by atoms with van der Waals surface area (Å²) in [5.74, 6) is -0.0152. The lowest BCUT2D eigenvalue weighted by Crippen LogP contribution is -2.44. The van der Waals surface area contributed by atoms with E-state index in [0.717, 1.165) is 33.3 Å². The molecule has 0 aromatic heterocycles. The molecular weight excluding hydrogens is 478 g/mol. The smallest absolute Gasteiger partial charge is 0.308 e. The molecule has 1 aliphatic heterocycles. The number of hydrogen-bond donors (Lipinski definition) is 0. The van der Waals surface area contributed by atoms with Crippen molar-refractivity contribution in [3.63, 3.8) is 0 Å². The average molecular weight is 510 g/mol. The van der Waals surface area contributed by atoms with Gasteiger partial charge in [0, 0.05) is 28.2 Å². The minimum atomic E-state index is -1.02. The first kappa shape index (κ1) is 26.0. The van der Waals surface area contributed by atoms with E-state index in [2.05, 4.69) is 20.8 Å². The molecular formula is C29H32ClNO5. The third-order valence-electron chi connectivity index (χ3n) is 6.11. The Kier molecular flexibility index (Phi) is 7.57. The van der Waals surface area contributed by atoms with Crippen molar-refractivity contribution >= 4 is 39.9 Å². The number of fused-ring (bicyclic) bond motifs is 2. The lowest BCUT2D eigenvalue weighted by atomic mass is 9.92. The van der Waals surface area contributed by atoms with Crippen LogP contribution in [-0.4, -0.2) is 38.2 Å². The number of ether oxygens (including phenoxy) is 3. The Hall–Kier alpha value is -3.09. The van der Waals surface area contributed by atoms with Crippen LogP contribution >= 0.6 is 11.6 Å². The predicted octanol–water partition coefficient (Wildman–Crippen LogP) is 6.32. The molecule has 0 spiro atoms. The lowest BCUT2D eigenvalue weighted by Gasteiger charge is -2.31. The van der Waals surface area contributed by atoms with Crippen molar-refractivity contribution in [2.45, 2.75) is 46.3 Å². The van der Waals surface area contributed by atoms with E-state index in [1.54, 1.807) is 25.0 Å². The number of halogens is 1. The van der Waals surface area contributed by atoms with Crippen LogP contribution in [0.3, 0.4) is 0 Å².